The van der Waals surface area contributed by atoms with Gasteiger partial charge in [0.1, 0.15) is 11.6 Å². The summed E-state index contributed by atoms with van der Waals surface area (Å²) in [5.41, 5.74) is 6.06. The molecule has 4 aromatic rings. The number of thiocarbonyl (C=S) groups is 1. The monoisotopic (exact) mass is 486 g/mol. The largest absolute Gasteiger partial charge is 0.497 e. The van der Waals surface area contributed by atoms with E-state index >= 15 is 0 Å². The summed E-state index contributed by atoms with van der Waals surface area (Å²) >= 11 is 5.84. The van der Waals surface area contributed by atoms with E-state index < -0.39 is 0 Å². The van der Waals surface area contributed by atoms with Crippen LogP contribution in [0.4, 0.5) is 4.39 Å². The minimum Gasteiger partial charge on any atom is -0.497 e. The van der Waals surface area contributed by atoms with Gasteiger partial charge in [-0.3, -0.25) is 4.98 Å². The molecule has 1 saturated heterocycles. The second-order valence-electron chi connectivity index (χ2n) is 8.74. The average Bonchev–Trinajstić information content (AvgIpc) is 3.34. The molecular weight excluding hydrogens is 459 g/mol. The number of benzene rings is 2. The Balaban J connectivity index is 1.60. The second-order valence-corrected chi connectivity index (χ2v) is 9.13. The van der Waals surface area contributed by atoms with Crippen molar-refractivity contribution in [1.82, 2.24) is 19.8 Å². The van der Waals surface area contributed by atoms with Gasteiger partial charge in [-0.2, -0.15) is 0 Å². The van der Waals surface area contributed by atoms with Crippen molar-refractivity contribution in [2.45, 2.75) is 32.5 Å². The van der Waals surface area contributed by atoms with Crippen LogP contribution in [0, 0.1) is 19.7 Å². The molecule has 178 valence electrons. The third-order valence-electron chi connectivity index (χ3n) is 6.57. The fraction of sp³-hybridized carbons (Fsp3) is 0.214. The molecule has 2 atom stereocenters. The summed E-state index contributed by atoms with van der Waals surface area (Å²) in [6, 6.07) is 22.6. The predicted molar refractivity (Wildman–Crippen MR) is 139 cm³/mol. The number of hydrogen-bond donors (Lipinski definition) is 1. The highest BCUT2D eigenvalue weighted by Crippen LogP contribution is 2.42. The number of methoxy groups -OCH3 is 1. The summed E-state index contributed by atoms with van der Waals surface area (Å²) < 4.78 is 21.5. The molecule has 2 aromatic heterocycles. The first kappa shape index (κ1) is 23.1. The highest BCUT2D eigenvalue weighted by atomic mass is 32.1. The van der Waals surface area contributed by atoms with Gasteiger partial charge in [0.25, 0.3) is 0 Å². The third-order valence-corrected chi connectivity index (χ3v) is 6.92. The lowest BCUT2D eigenvalue weighted by Gasteiger charge is -2.28. The first-order chi connectivity index (χ1) is 17.0. The van der Waals surface area contributed by atoms with Gasteiger partial charge < -0.3 is 19.5 Å². The smallest absolute Gasteiger partial charge is 0.170 e. The molecule has 0 unspecified atom stereocenters. The van der Waals surface area contributed by atoms with Gasteiger partial charge in [0.2, 0.25) is 0 Å². The van der Waals surface area contributed by atoms with E-state index in [0.717, 1.165) is 39.6 Å². The summed E-state index contributed by atoms with van der Waals surface area (Å²) in [4.78, 5) is 6.86. The fourth-order valence-electron chi connectivity index (χ4n) is 4.94. The molecule has 0 amide bonds. The molecule has 0 radical (unpaired) electrons. The molecule has 0 bridgehead atoms. The number of ether oxygens (including phenoxy) is 1. The van der Waals surface area contributed by atoms with Crippen LogP contribution in [0.1, 0.15) is 40.3 Å². The van der Waals surface area contributed by atoms with Crippen LogP contribution in [0.5, 0.6) is 5.75 Å². The van der Waals surface area contributed by atoms with Crippen LogP contribution in [-0.4, -0.2) is 26.7 Å². The molecule has 5 rings (SSSR count). The van der Waals surface area contributed by atoms with Crippen molar-refractivity contribution in [3.8, 4) is 11.4 Å². The van der Waals surface area contributed by atoms with Crippen LogP contribution in [0.3, 0.4) is 0 Å². The van der Waals surface area contributed by atoms with E-state index in [0.29, 0.717) is 11.7 Å². The summed E-state index contributed by atoms with van der Waals surface area (Å²) in [6.07, 6.45) is 1.80. The number of aromatic nitrogens is 2. The number of nitrogens with one attached hydrogen (secondary N) is 1. The normalized spacial score (nSPS) is 17.5. The number of hydrogen-bond acceptors (Lipinski definition) is 3. The lowest BCUT2D eigenvalue weighted by Crippen LogP contribution is -2.29. The van der Waals surface area contributed by atoms with Crippen molar-refractivity contribution in [3.05, 3.63) is 113 Å². The Kier molecular flexibility index (Phi) is 6.26. The standard InChI is InChI=1S/C28H27FN4OS/c1-18-15-24(19(2)33(18)22-8-6-7-21(29)16-22)27-26(25-9-4-5-14-30-25)31-28(35)32(27)17-20-10-12-23(34-3)13-11-20/h4-16,26-27H,17H2,1-3H3,(H,31,35)/t26-,27-/m1/s1. The molecule has 0 spiro atoms. The van der Waals surface area contributed by atoms with Gasteiger partial charge in [0, 0.05) is 29.8 Å². The molecule has 1 N–H and O–H groups in total. The predicted octanol–water partition coefficient (Wildman–Crippen LogP) is 5.81. The average molecular weight is 487 g/mol. The Hall–Kier alpha value is -3.71. The first-order valence-corrected chi connectivity index (χ1v) is 11.9. The van der Waals surface area contributed by atoms with E-state index in [4.69, 9.17) is 17.0 Å². The maximum Gasteiger partial charge on any atom is 0.170 e. The zero-order valence-electron chi connectivity index (χ0n) is 19.9. The molecule has 0 aliphatic carbocycles. The van der Waals surface area contributed by atoms with Crippen LogP contribution in [0.25, 0.3) is 5.69 Å². The van der Waals surface area contributed by atoms with Gasteiger partial charge in [-0.1, -0.05) is 24.3 Å². The van der Waals surface area contributed by atoms with E-state index in [1.807, 2.05) is 43.3 Å². The zero-order chi connectivity index (χ0) is 24.5. The van der Waals surface area contributed by atoms with E-state index in [2.05, 4.69) is 44.9 Å². The maximum absolute atomic E-state index is 14.1. The first-order valence-electron chi connectivity index (χ1n) is 11.5. The van der Waals surface area contributed by atoms with Crippen LogP contribution in [0.15, 0.2) is 79.0 Å². The number of halogens is 1. The van der Waals surface area contributed by atoms with Crippen LogP contribution < -0.4 is 10.1 Å². The summed E-state index contributed by atoms with van der Waals surface area (Å²) in [5.74, 6) is 0.560. The van der Waals surface area contributed by atoms with Gasteiger partial charge in [-0.05, 0) is 85.7 Å². The third kappa shape index (κ3) is 4.39. The SMILES string of the molecule is COc1ccc(CN2C(=S)N[C@H](c3ccccn3)[C@H]2c2cc(C)n(-c3cccc(F)c3)c2C)cc1. The van der Waals surface area contributed by atoms with Crippen molar-refractivity contribution in [3.63, 3.8) is 0 Å². The summed E-state index contributed by atoms with van der Waals surface area (Å²) in [7, 11) is 1.66. The van der Waals surface area contributed by atoms with Gasteiger partial charge in [-0.25, -0.2) is 4.39 Å². The molecule has 2 aromatic carbocycles. The van der Waals surface area contributed by atoms with Crippen LogP contribution >= 0.6 is 12.2 Å². The molecule has 1 aliphatic rings. The number of pyridine rings is 1. The molecule has 7 heteroatoms. The Morgan fingerprint density at radius 3 is 2.51 bits per heavy atom. The molecular formula is C28H27FN4OS. The molecule has 35 heavy (non-hydrogen) atoms. The van der Waals surface area contributed by atoms with Crippen molar-refractivity contribution >= 4 is 17.3 Å². The molecule has 5 nitrogen and oxygen atoms in total. The van der Waals surface area contributed by atoms with Crippen molar-refractivity contribution < 1.29 is 9.13 Å². The number of nitrogens with zero attached hydrogens (tertiary/aromatic N) is 3. The van der Waals surface area contributed by atoms with Gasteiger partial charge in [0.15, 0.2) is 5.11 Å². The van der Waals surface area contributed by atoms with Gasteiger partial charge >= 0.3 is 0 Å². The van der Waals surface area contributed by atoms with Gasteiger partial charge in [-0.15, -0.1) is 0 Å². The number of aryl methyl sites for hydroxylation is 1. The summed E-state index contributed by atoms with van der Waals surface area (Å²) in [6.45, 7) is 4.76. The minimum atomic E-state index is -0.257. The molecule has 0 saturated carbocycles. The van der Waals surface area contributed by atoms with Crippen molar-refractivity contribution in [1.29, 1.82) is 0 Å². The highest BCUT2D eigenvalue weighted by Gasteiger charge is 2.41. The van der Waals surface area contributed by atoms with Crippen molar-refractivity contribution in [2.75, 3.05) is 7.11 Å². The second kappa shape index (κ2) is 9.50. The van der Waals surface area contributed by atoms with Crippen LogP contribution in [0.2, 0.25) is 0 Å². The lowest BCUT2D eigenvalue weighted by molar-refractivity contribution is 0.310. The summed E-state index contributed by atoms with van der Waals surface area (Å²) in [5, 5.41) is 4.20. The Morgan fingerprint density at radius 2 is 1.83 bits per heavy atom. The molecule has 1 fully saturated rings. The lowest BCUT2D eigenvalue weighted by atomic mass is 9.96. The number of rotatable bonds is 6. The topological polar surface area (TPSA) is 42.3 Å². The van der Waals surface area contributed by atoms with Crippen LogP contribution in [-0.2, 0) is 6.54 Å². The van der Waals surface area contributed by atoms with Crippen molar-refractivity contribution in [2.24, 2.45) is 0 Å². The maximum atomic E-state index is 14.1. The van der Waals surface area contributed by atoms with E-state index in [1.54, 1.807) is 25.4 Å². The van der Waals surface area contributed by atoms with E-state index in [-0.39, 0.29) is 17.9 Å². The molecule has 3 heterocycles. The van der Waals surface area contributed by atoms with E-state index in [9.17, 15) is 4.39 Å². The Labute approximate surface area is 210 Å². The van der Waals surface area contributed by atoms with Gasteiger partial charge in [0.05, 0.1) is 24.9 Å². The Morgan fingerprint density at radius 1 is 1.03 bits per heavy atom. The van der Waals surface area contributed by atoms with E-state index in [1.165, 1.54) is 6.07 Å². The zero-order valence-corrected chi connectivity index (χ0v) is 20.7. The quantitative estimate of drug-likeness (QED) is 0.349. The molecule has 1 aliphatic heterocycles. The minimum absolute atomic E-state index is 0.0898. The Bertz CT molecular complexity index is 1350. The fourth-order valence-corrected chi connectivity index (χ4v) is 5.25. The highest BCUT2D eigenvalue weighted by molar-refractivity contribution is 7.80.